The van der Waals surface area contributed by atoms with Crippen LogP contribution in [0.15, 0.2) is 66.7 Å². The molecule has 1 aliphatic carbocycles. The Morgan fingerprint density at radius 1 is 1.06 bits per heavy atom. The molecule has 0 saturated carbocycles. The fourth-order valence-electron chi connectivity index (χ4n) is 4.24. The van der Waals surface area contributed by atoms with Gasteiger partial charge in [0.25, 0.3) is 5.69 Å². The van der Waals surface area contributed by atoms with Gasteiger partial charge in [-0.2, -0.15) is 0 Å². The Kier molecular flexibility index (Phi) is 6.39. The van der Waals surface area contributed by atoms with E-state index in [9.17, 15) is 25.1 Å². The predicted molar refractivity (Wildman–Crippen MR) is 122 cm³/mol. The first-order valence-corrected chi connectivity index (χ1v) is 10.6. The van der Waals surface area contributed by atoms with Gasteiger partial charge in [0.05, 0.1) is 4.92 Å². The highest BCUT2D eigenvalue weighted by Crippen LogP contribution is 2.44. The van der Waals surface area contributed by atoms with Crippen LogP contribution in [0.5, 0.6) is 0 Å². The van der Waals surface area contributed by atoms with Crippen molar-refractivity contribution in [3.63, 3.8) is 0 Å². The number of nitrogens with zero attached hydrogens (tertiary/aromatic N) is 1. The van der Waals surface area contributed by atoms with E-state index in [1.165, 1.54) is 12.1 Å². The van der Waals surface area contributed by atoms with Gasteiger partial charge < -0.3 is 20.3 Å². The van der Waals surface area contributed by atoms with Crippen molar-refractivity contribution >= 4 is 11.8 Å². The van der Waals surface area contributed by atoms with E-state index in [1.54, 1.807) is 13.0 Å². The first-order chi connectivity index (χ1) is 15.8. The molecule has 1 aliphatic rings. The molecule has 1 amide bonds. The Balaban J connectivity index is 1.35. The Hall–Kier alpha value is -3.75. The maximum Gasteiger partial charge on any atom is 0.407 e. The van der Waals surface area contributed by atoms with Gasteiger partial charge >= 0.3 is 6.09 Å². The highest BCUT2D eigenvalue weighted by Gasteiger charge is 2.29. The van der Waals surface area contributed by atoms with Crippen LogP contribution in [0, 0.1) is 17.0 Å². The molecule has 33 heavy (non-hydrogen) atoms. The lowest BCUT2D eigenvalue weighted by Crippen LogP contribution is -2.36. The third kappa shape index (κ3) is 4.72. The van der Waals surface area contributed by atoms with Gasteiger partial charge in [0.1, 0.15) is 18.8 Å². The third-order valence-electron chi connectivity index (χ3n) is 5.80. The molecule has 2 unspecified atom stereocenters. The van der Waals surface area contributed by atoms with Crippen molar-refractivity contribution in [3.8, 4) is 11.1 Å². The monoisotopic (exact) mass is 448 g/mol. The molecular weight excluding hydrogens is 424 g/mol. The van der Waals surface area contributed by atoms with Crippen molar-refractivity contribution in [1.82, 2.24) is 5.32 Å². The number of ether oxygens (including phenoxy) is 1. The van der Waals surface area contributed by atoms with E-state index in [2.05, 4.69) is 5.32 Å². The number of benzene rings is 3. The molecule has 0 fully saturated rings. The molecule has 0 spiro atoms. The highest BCUT2D eigenvalue weighted by molar-refractivity contribution is 5.79. The summed E-state index contributed by atoms with van der Waals surface area (Å²) in [6.07, 6.45) is -3.50. The molecule has 0 aromatic heterocycles. The molecule has 3 aromatic rings. The second kappa shape index (κ2) is 9.40. The summed E-state index contributed by atoms with van der Waals surface area (Å²) < 4.78 is 5.41. The zero-order valence-electron chi connectivity index (χ0n) is 18.0. The molecule has 0 bridgehead atoms. The molecule has 8 heteroatoms. The second-order valence-corrected chi connectivity index (χ2v) is 8.08. The lowest BCUT2D eigenvalue weighted by atomic mass is 9.98. The second-order valence-electron chi connectivity index (χ2n) is 8.08. The molecule has 2 atom stereocenters. The summed E-state index contributed by atoms with van der Waals surface area (Å²) in [4.78, 5) is 22.7. The van der Waals surface area contributed by atoms with Crippen LogP contribution in [0.1, 0.15) is 34.3 Å². The lowest BCUT2D eigenvalue weighted by Gasteiger charge is -2.19. The van der Waals surface area contributed by atoms with E-state index in [1.807, 2.05) is 48.5 Å². The minimum Gasteiger partial charge on any atom is -0.449 e. The lowest BCUT2D eigenvalue weighted by molar-refractivity contribution is -0.385. The van der Waals surface area contributed by atoms with Gasteiger partial charge in [-0.25, -0.2) is 4.79 Å². The third-order valence-corrected chi connectivity index (χ3v) is 5.80. The molecule has 3 aromatic carbocycles. The number of aliphatic hydroxyl groups excluding tert-OH is 2. The fourth-order valence-corrected chi connectivity index (χ4v) is 4.24. The maximum atomic E-state index is 12.3. The number of nitro groups is 1. The smallest absolute Gasteiger partial charge is 0.407 e. The predicted octanol–water partition coefficient (Wildman–Crippen LogP) is 3.84. The van der Waals surface area contributed by atoms with Gasteiger partial charge in [0.2, 0.25) is 0 Å². The van der Waals surface area contributed by atoms with E-state index >= 15 is 0 Å². The largest absolute Gasteiger partial charge is 0.449 e. The molecule has 8 nitrogen and oxygen atoms in total. The van der Waals surface area contributed by atoms with Gasteiger partial charge in [-0.1, -0.05) is 54.6 Å². The zero-order chi connectivity index (χ0) is 23.5. The molecular formula is C25H24N2O6. The number of aliphatic hydroxyl groups is 2. The summed E-state index contributed by atoms with van der Waals surface area (Å²) in [5, 5.41) is 34.2. The van der Waals surface area contributed by atoms with Crippen LogP contribution in [-0.4, -0.2) is 40.5 Å². The highest BCUT2D eigenvalue weighted by atomic mass is 16.6. The Morgan fingerprint density at radius 2 is 1.67 bits per heavy atom. The van der Waals surface area contributed by atoms with Crippen LogP contribution in [0.3, 0.4) is 0 Å². The van der Waals surface area contributed by atoms with Crippen LogP contribution in [0.4, 0.5) is 10.5 Å². The quantitative estimate of drug-likeness (QED) is 0.373. The van der Waals surface area contributed by atoms with E-state index in [4.69, 9.17) is 4.74 Å². The van der Waals surface area contributed by atoms with Gasteiger partial charge in [-0.3, -0.25) is 10.1 Å². The fraction of sp³-hybridized carbons (Fsp3) is 0.240. The van der Waals surface area contributed by atoms with Crippen molar-refractivity contribution < 1.29 is 24.7 Å². The number of amides is 1. The normalized spacial score (nSPS) is 14.2. The summed E-state index contributed by atoms with van der Waals surface area (Å²) in [7, 11) is 0. The van der Waals surface area contributed by atoms with Crippen molar-refractivity contribution in [2.75, 3.05) is 13.2 Å². The Bertz CT molecular complexity index is 1150. The number of nitrogens with one attached hydrogen (secondary N) is 1. The molecule has 4 rings (SSSR count). The summed E-state index contributed by atoms with van der Waals surface area (Å²) in [5.74, 6) is -0.0912. The minimum atomic E-state index is -1.41. The summed E-state index contributed by atoms with van der Waals surface area (Å²) >= 11 is 0. The number of rotatable bonds is 7. The number of carbonyl (C=O) groups excluding carboxylic acids is 1. The number of hydrogen-bond donors (Lipinski definition) is 3. The molecule has 0 aliphatic heterocycles. The van der Waals surface area contributed by atoms with Crippen LogP contribution >= 0.6 is 0 Å². The Morgan fingerprint density at radius 3 is 2.27 bits per heavy atom. The maximum absolute atomic E-state index is 12.3. The number of carbonyl (C=O) groups is 1. The van der Waals surface area contributed by atoms with Gasteiger partial charge in [0.15, 0.2) is 0 Å². The summed E-state index contributed by atoms with van der Waals surface area (Å²) in [6, 6.07) is 20.1. The molecule has 0 heterocycles. The average Bonchev–Trinajstić information content (AvgIpc) is 3.14. The minimum absolute atomic E-state index is 0.0912. The van der Waals surface area contributed by atoms with Gasteiger partial charge in [-0.05, 0) is 40.3 Å². The molecule has 3 N–H and O–H groups in total. The number of fused-ring (bicyclic) bond motifs is 3. The van der Waals surface area contributed by atoms with E-state index < -0.39 is 23.2 Å². The van der Waals surface area contributed by atoms with Crippen LogP contribution < -0.4 is 5.32 Å². The first kappa shape index (κ1) is 22.4. The number of aryl methyl sites for hydroxylation is 1. The summed E-state index contributed by atoms with van der Waals surface area (Å²) in [5.41, 5.74) is 5.01. The molecule has 0 saturated heterocycles. The van der Waals surface area contributed by atoms with Crippen molar-refractivity contribution in [3.05, 3.63) is 99.1 Å². The number of non-ortho nitro benzene ring substituents is 1. The van der Waals surface area contributed by atoms with Crippen molar-refractivity contribution in [2.24, 2.45) is 0 Å². The van der Waals surface area contributed by atoms with Crippen molar-refractivity contribution in [2.45, 2.75) is 25.0 Å². The molecule has 170 valence electrons. The van der Waals surface area contributed by atoms with E-state index in [0.29, 0.717) is 5.56 Å². The Labute approximate surface area is 190 Å². The standard InChI is InChI=1S/C25H24N2O6/c1-15-10-16(12-17(11-15)27(31)32)24(29)23(28)13-26-25(30)33-14-22-20-8-4-2-6-18(20)19-7-3-5-9-21(19)22/h2-12,22-24,28-29H,13-14H2,1H3,(H,26,30). The van der Waals surface area contributed by atoms with E-state index in [-0.39, 0.29) is 30.3 Å². The van der Waals surface area contributed by atoms with Crippen LogP contribution in [0.2, 0.25) is 0 Å². The van der Waals surface area contributed by atoms with Crippen LogP contribution in [-0.2, 0) is 4.74 Å². The first-order valence-electron chi connectivity index (χ1n) is 10.6. The SMILES string of the molecule is Cc1cc(C(O)C(O)CNC(=O)OCC2c3ccccc3-c3ccccc32)cc([N+](=O)[O-])c1. The van der Waals surface area contributed by atoms with Crippen LogP contribution in [0.25, 0.3) is 11.1 Å². The molecule has 0 radical (unpaired) electrons. The topological polar surface area (TPSA) is 122 Å². The average molecular weight is 448 g/mol. The number of hydrogen-bond acceptors (Lipinski definition) is 6. The summed E-state index contributed by atoms with van der Waals surface area (Å²) in [6.45, 7) is 1.51. The number of nitro benzene ring substituents is 1. The van der Waals surface area contributed by atoms with Gasteiger partial charge in [-0.15, -0.1) is 0 Å². The zero-order valence-corrected chi connectivity index (χ0v) is 18.0. The van der Waals surface area contributed by atoms with Gasteiger partial charge in [0, 0.05) is 24.6 Å². The van der Waals surface area contributed by atoms with Crippen molar-refractivity contribution in [1.29, 1.82) is 0 Å². The number of alkyl carbamates (subject to hydrolysis) is 1. The van der Waals surface area contributed by atoms with E-state index in [0.717, 1.165) is 22.3 Å².